The number of rotatable bonds is 3. The molecule has 0 unspecified atom stereocenters. The molecular weight excluding hydrogens is 267 g/mol. The second-order valence-corrected chi connectivity index (χ2v) is 5.31. The third kappa shape index (κ3) is 3.01. The van der Waals surface area contributed by atoms with Crippen LogP contribution in [0.2, 0.25) is 0 Å². The van der Waals surface area contributed by atoms with E-state index in [1.54, 1.807) is 13.0 Å². The van der Waals surface area contributed by atoms with Crippen LogP contribution in [-0.4, -0.2) is 42.7 Å². The molecular formula is C10H11BN4O3S. The van der Waals surface area contributed by atoms with Crippen LogP contribution in [0.5, 0.6) is 0 Å². The molecule has 0 atom stereocenters. The maximum absolute atomic E-state index is 12.1. The van der Waals surface area contributed by atoms with E-state index in [-0.39, 0.29) is 11.4 Å². The monoisotopic (exact) mass is 278 g/mol. The molecule has 7 nitrogen and oxygen atoms in total. The van der Waals surface area contributed by atoms with Crippen molar-refractivity contribution in [3.8, 4) is 0 Å². The Balaban J connectivity index is 3.30. The summed E-state index contributed by atoms with van der Waals surface area (Å²) in [5.74, 6) is -1.05. The van der Waals surface area contributed by atoms with Crippen molar-refractivity contribution in [3.63, 3.8) is 0 Å². The van der Waals surface area contributed by atoms with Crippen molar-refractivity contribution in [2.75, 3.05) is 6.54 Å². The van der Waals surface area contributed by atoms with E-state index in [1.807, 2.05) is 0 Å². The summed E-state index contributed by atoms with van der Waals surface area (Å²) < 4.78 is 24.3. The zero-order chi connectivity index (χ0) is 14.5. The number of amides is 1. The molecule has 1 aromatic rings. The molecule has 0 aliphatic rings. The average molecular weight is 278 g/mol. The van der Waals surface area contributed by atoms with Crippen molar-refractivity contribution in [3.05, 3.63) is 35.9 Å². The van der Waals surface area contributed by atoms with Crippen LogP contribution in [-0.2, 0) is 14.6 Å². The molecule has 0 heterocycles. The van der Waals surface area contributed by atoms with Gasteiger partial charge in [0.25, 0.3) is 0 Å². The van der Waals surface area contributed by atoms with Crippen molar-refractivity contribution >= 4 is 28.0 Å². The first-order valence-electron chi connectivity index (χ1n) is 5.32. The number of hydrogen-bond donors (Lipinski definition) is 1. The molecule has 19 heavy (non-hydrogen) atoms. The molecule has 0 radical (unpaired) electrons. The fraction of sp³-hybridized carbons (Fsp3) is 0.200. The topological polar surface area (TPSA) is 115 Å². The number of carbonyl (C=O) groups excluding carboxylic acids is 1. The van der Waals surface area contributed by atoms with Crippen molar-refractivity contribution < 1.29 is 18.0 Å². The number of nitrogens with zero attached hydrogens (tertiary/aromatic N) is 3. The minimum atomic E-state index is -4.21. The molecule has 0 spiro atoms. The summed E-state index contributed by atoms with van der Waals surface area (Å²) in [6, 6.07) is 7.16. The Morgan fingerprint density at radius 3 is 2.42 bits per heavy atom. The Bertz CT molecular complexity index is 638. The zero-order valence-corrected chi connectivity index (χ0v) is 11.0. The molecule has 0 fully saturated rings. The van der Waals surface area contributed by atoms with E-state index in [0.717, 1.165) is 4.81 Å². The molecule has 0 aromatic heterocycles. The van der Waals surface area contributed by atoms with E-state index in [4.69, 9.17) is 10.8 Å². The first-order chi connectivity index (χ1) is 8.98. The summed E-state index contributed by atoms with van der Waals surface area (Å²) in [4.78, 5) is 15.1. The maximum atomic E-state index is 12.1. The van der Waals surface area contributed by atoms with E-state index in [9.17, 15) is 13.2 Å². The third-order valence-electron chi connectivity index (χ3n) is 2.34. The van der Waals surface area contributed by atoms with Crippen LogP contribution >= 0.6 is 0 Å². The van der Waals surface area contributed by atoms with E-state index in [1.165, 1.54) is 24.3 Å². The van der Waals surface area contributed by atoms with Gasteiger partial charge in [0.1, 0.15) is 0 Å². The Morgan fingerprint density at radius 2 is 2.00 bits per heavy atom. The van der Waals surface area contributed by atoms with Crippen LogP contribution in [0.1, 0.15) is 6.92 Å². The van der Waals surface area contributed by atoms with Gasteiger partial charge in [0.15, 0.2) is 0 Å². The van der Waals surface area contributed by atoms with Crippen molar-refractivity contribution in [2.24, 2.45) is 0 Å². The summed E-state index contributed by atoms with van der Waals surface area (Å²) in [6.07, 6.45) is 0. The van der Waals surface area contributed by atoms with Crippen molar-refractivity contribution in [2.45, 2.75) is 11.8 Å². The SMILES string of the molecule is CCN(B=N)C(=O)C(=[N+]=[N-])S(=O)(=O)c1ccccc1. The number of carbonyl (C=O) groups is 1. The van der Waals surface area contributed by atoms with Crippen LogP contribution in [0.3, 0.4) is 0 Å². The molecule has 0 aliphatic heterocycles. The third-order valence-corrected chi connectivity index (χ3v) is 4.00. The van der Waals surface area contributed by atoms with Crippen LogP contribution in [0.15, 0.2) is 35.2 Å². The number of sulfone groups is 1. The molecule has 9 heteroatoms. The van der Waals surface area contributed by atoms with Gasteiger partial charge in [-0.2, -0.15) is 0 Å². The minimum absolute atomic E-state index is 0.0890. The Kier molecular flexibility index (Phi) is 4.85. The van der Waals surface area contributed by atoms with E-state index in [0.29, 0.717) is 7.21 Å². The van der Waals surface area contributed by atoms with Gasteiger partial charge in [-0.15, -0.1) is 0 Å². The van der Waals surface area contributed by atoms with Crippen LogP contribution in [0.25, 0.3) is 5.53 Å². The molecule has 1 aromatic carbocycles. The van der Waals surface area contributed by atoms with E-state index < -0.39 is 20.8 Å². The van der Waals surface area contributed by atoms with Crippen molar-refractivity contribution in [1.82, 2.24) is 4.81 Å². The molecule has 1 N–H and O–H groups in total. The quantitative estimate of drug-likeness (QED) is 0.282. The summed E-state index contributed by atoms with van der Waals surface area (Å²) in [5, 5.41) is 6.01. The van der Waals surface area contributed by atoms with E-state index >= 15 is 0 Å². The summed E-state index contributed by atoms with van der Waals surface area (Å²) in [5.41, 5.74) is 8.82. The summed E-state index contributed by atoms with van der Waals surface area (Å²) >= 11 is 0. The van der Waals surface area contributed by atoms with Gasteiger partial charge in [-0.3, -0.25) is 0 Å². The second kappa shape index (κ2) is 6.17. The second-order valence-electron chi connectivity index (χ2n) is 3.44. The van der Waals surface area contributed by atoms with Gasteiger partial charge in [0.2, 0.25) is 0 Å². The van der Waals surface area contributed by atoms with Gasteiger partial charge < -0.3 is 0 Å². The fourth-order valence-corrected chi connectivity index (χ4v) is 2.53. The number of nitrogens with one attached hydrogen (secondary N) is 1. The Labute approximate surface area is 111 Å². The number of hydrogen-bond acceptors (Lipinski definition) is 4. The Hall–Kier alpha value is -2.12. The summed E-state index contributed by atoms with van der Waals surface area (Å²) in [7, 11) is -3.54. The average Bonchev–Trinajstić information content (AvgIpc) is 2.41. The normalized spacial score (nSPS) is 10.2. The standard InChI is InChI=1S/C10H11BN4O3S/c1-2-15(11-12)10(16)9(14-13)19(17,18)8-6-4-3-5-7-8/h3-7,12H,2H2,1H3. The van der Waals surface area contributed by atoms with Gasteiger partial charge in [0.05, 0.1) is 0 Å². The van der Waals surface area contributed by atoms with Gasteiger partial charge >= 0.3 is 110 Å². The van der Waals surface area contributed by atoms with Crippen LogP contribution in [0.4, 0.5) is 0 Å². The zero-order valence-electron chi connectivity index (χ0n) is 10.1. The Morgan fingerprint density at radius 1 is 1.42 bits per heavy atom. The van der Waals surface area contributed by atoms with Crippen LogP contribution < -0.4 is 0 Å². The van der Waals surface area contributed by atoms with E-state index in [2.05, 4.69) is 4.79 Å². The molecule has 0 bridgehead atoms. The van der Waals surface area contributed by atoms with Gasteiger partial charge in [-0.1, -0.05) is 0 Å². The van der Waals surface area contributed by atoms with Crippen molar-refractivity contribution in [1.29, 1.82) is 5.31 Å². The van der Waals surface area contributed by atoms with Crippen LogP contribution in [0, 0.1) is 5.31 Å². The number of benzene rings is 1. The predicted molar refractivity (Wildman–Crippen MR) is 68.1 cm³/mol. The molecule has 0 saturated carbocycles. The molecule has 0 aliphatic carbocycles. The fourth-order valence-electron chi connectivity index (χ4n) is 1.34. The first kappa shape index (κ1) is 14.9. The van der Waals surface area contributed by atoms with Gasteiger partial charge in [-0.05, 0) is 0 Å². The first-order valence-corrected chi connectivity index (χ1v) is 6.81. The van der Waals surface area contributed by atoms with Gasteiger partial charge in [-0.25, -0.2) is 0 Å². The summed E-state index contributed by atoms with van der Waals surface area (Å²) in [6.45, 7) is 1.65. The molecule has 1 amide bonds. The molecule has 98 valence electrons. The van der Waals surface area contributed by atoms with Gasteiger partial charge in [0, 0.05) is 0 Å². The molecule has 1 rings (SSSR count). The predicted octanol–water partition coefficient (Wildman–Crippen LogP) is 0.319. The molecule has 0 saturated heterocycles.